The number of pyridine rings is 1. The number of hydrogen-bond acceptors (Lipinski definition) is 5. The molecule has 3 heterocycles. The Kier molecular flexibility index (Phi) is 3.33. The second-order valence-corrected chi connectivity index (χ2v) is 5.64. The van der Waals surface area contributed by atoms with Gasteiger partial charge in [-0.25, -0.2) is 4.98 Å². The Hall–Kier alpha value is -1.69. The molecule has 0 radical (unpaired) electrons. The number of carboxylic acids is 1. The molecule has 0 spiro atoms. The zero-order chi connectivity index (χ0) is 13.2. The highest BCUT2D eigenvalue weighted by atomic mass is 32.2. The highest BCUT2D eigenvalue weighted by Crippen LogP contribution is 2.30. The predicted octanol–water partition coefficient (Wildman–Crippen LogP) is 2.22. The second kappa shape index (κ2) is 5.13. The molecule has 2 aromatic heterocycles. The maximum Gasteiger partial charge on any atom is 0.305 e. The lowest BCUT2D eigenvalue weighted by Gasteiger charge is -2.35. The molecule has 1 atom stereocenters. The molecular weight excluding hydrogens is 264 g/mol. The molecule has 5 nitrogen and oxygen atoms in total. The van der Waals surface area contributed by atoms with Gasteiger partial charge in [0.15, 0.2) is 0 Å². The summed E-state index contributed by atoms with van der Waals surface area (Å²) in [6, 6.07) is 3.70. The summed E-state index contributed by atoms with van der Waals surface area (Å²) in [6.45, 7) is 0.819. The summed E-state index contributed by atoms with van der Waals surface area (Å²) in [5, 5.41) is 9.98. The molecule has 1 fully saturated rings. The fourth-order valence-electron chi connectivity index (χ4n) is 2.41. The number of carbonyl (C=O) groups is 1. The van der Waals surface area contributed by atoms with E-state index in [9.17, 15) is 4.79 Å². The van der Waals surface area contributed by atoms with Crippen LogP contribution in [-0.2, 0) is 4.79 Å². The minimum Gasteiger partial charge on any atom is -0.481 e. The molecule has 0 amide bonds. The van der Waals surface area contributed by atoms with Crippen LogP contribution in [0.3, 0.4) is 0 Å². The van der Waals surface area contributed by atoms with Gasteiger partial charge >= 0.3 is 5.97 Å². The van der Waals surface area contributed by atoms with Crippen LogP contribution < -0.4 is 4.90 Å². The van der Waals surface area contributed by atoms with Gasteiger partial charge in [0.1, 0.15) is 11.4 Å². The van der Waals surface area contributed by atoms with E-state index < -0.39 is 5.97 Å². The summed E-state index contributed by atoms with van der Waals surface area (Å²) in [7, 11) is 0. The highest BCUT2D eigenvalue weighted by Gasteiger charge is 2.27. The normalized spacial score (nSPS) is 19.8. The number of carboxylic acid groups (broad SMARTS) is 1. The van der Waals surface area contributed by atoms with E-state index in [1.165, 1.54) is 0 Å². The van der Waals surface area contributed by atoms with Crippen molar-refractivity contribution in [3.8, 4) is 0 Å². The average molecular weight is 278 g/mol. The third kappa shape index (κ3) is 2.40. The Morgan fingerprint density at radius 2 is 2.47 bits per heavy atom. The van der Waals surface area contributed by atoms with Crippen molar-refractivity contribution >= 4 is 34.5 Å². The van der Waals surface area contributed by atoms with Crippen LogP contribution in [0.5, 0.6) is 0 Å². The Labute approximate surface area is 114 Å². The van der Waals surface area contributed by atoms with Crippen molar-refractivity contribution in [2.45, 2.75) is 12.5 Å². The van der Waals surface area contributed by atoms with E-state index in [4.69, 9.17) is 9.52 Å². The van der Waals surface area contributed by atoms with Crippen LogP contribution in [0.15, 0.2) is 29.0 Å². The summed E-state index contributed by atoms with van der Waals surface area (Å²) < 4.78 is 5.38. The summed E-state index contributed by atoms with van der Waals surface area (Å²) >= 11 is 1.79. The molecule has 1 N–H and O–H groups in total. The van der Waals surface area contributed by atoms with Crippen molar-refractivity contribution in [2.24, 2.45) is 0 Å². The lowest BCUT2D eigenvalue weighted by atomic mass is 10.1. The molecule has 1 aliphatic rings. The van der Waals surface area contributed by atoms with Crippen LogP contribution in [0.4, 0.5) is 5.82 Å². The van der Waals surface area contributed by atoms with Crippen molar-refractivity contribution in [2.75, 3.05) is 23.0 Å². The molecule has 0 aliphatic carbocycles. The largest absolute Gasteiger partial charge is 0.481 e. The molecule has 2 aromatic rings. The Morgan fingerprint density at radius 3 is 3.32 bits per heavy atom. The standard InChI is InChI=1S/C13H14N2O3S/c16-12(17)7-9-8-19-6-4-15(9)13-10-2-5-18-11(10)1-3-14-13/h1-3,5,9H,4,6-8H2,(H,16,17). The van der Waals surface area contributed by atoms with Crippen LogP contribution in [0.2, 0.25) is 0 Å². The molecule has 0 aromatic carbocycles. The van der Waals surface area contributed by atoms with Gasteiger partial charge in [0, 0.05) is 30.3 Å². The quantitative estimate of drug-likeness (QED) is 0.928. The average Bonchev–Trinajstić information content (AvgIpc) is 2.87. The zero-order valence-corrected chi connectivity index (χ0v) is 11.1. The first kappa shape index (κ1) is 12.3. The van der Waals surface area contributed by atoms with Crippen molar-refractivity contribution in [3.05, 3.63) is 24.6 Å². The van der Waals surface area contributed by atoms with Gasteiger partial charge in [-0.05, 0) is 12.1 Å². The van der Waals surface area contributed by atoms with E-state index in [-0.39, 0.29) is 12.5 Å². The number of hydrogen-bond donors (Lipinski definition) is 1. The minimum atomic E-state index is -0.767. The van der Waals surface area contributed by atoms with Gasteiger partial charge in [-0.1, -0.05) is 0 Å². The van der Waals surface area contributed by atoms with Gasteiger partial charge in [0.25, 0.3) is 0 Å². The topological polar surface area (TPSA) is 66.6 Å². The number of furan rings is 1. The van der Waals surface area contributed by atoms with E-state index >= 15 is 0 Å². The fraction of sp³-hybridized carbons (Fsp3) is 0.385. The zero-order valence-electron chi connectivity index (χ0n) is 10.3. The van der Waals surface area contributed by atoms with E-state index in [2.05, 4.69) is 9.88 Å². The predicted molar refractivity (Wildman–Crippen MR) is 74.7 cm³/mol. The Balaban J connectivity index is 1.97. The molecular formula is C13H14N2O3S. The summed E-state index contributed by atoms with van der Waals surface area (Å²) in [5.74, 6) is 1.88. The first-order chi connectivity index (χ1) is 9.25. The molecule has 19 heavy (non-hydrogen) atoms. The van der Waals surface area contributed by atoms with Crippen LogP contribution in [0.1, 0.15) is 6.42 Å². The van der Waals surface area contributed by atoms with Gasteiger partial charge < -0.3 is 14.4 Å². The number of aromatic nitrogens is 1. The lowest BCUT2D eigenvalue weighted by molar-refractivity contribution is -0.137. The molecule has 0 bridgehead atoms. The molecule has 1 aliphatic heterocycles. The summed E-state index contributed by atoms with van der Waals surface area (Å²) in [6.07, 6.45) is 3.49. The van der Waals surface area contributed by atoms with Gasteiger partial charge in [-0.3, -0.25) is 4.79 Å². The monoisotopic (exact) mass is 278 g/mol. The third-order valence-corrected chi connectivity index (χ3v) is 4.36. The molecule has 1 saturated heterocycles. The molecule has 1 unspecified atom stereocenters. The Bertz CT molecular complexity index is 598. The van der Waals surface area contributed by atoms with Crippen LogP contribution in [0, 0.1) is 0 Å². The molecule has 100 valence electrons. The smallest absolute Gasteiger partial charge is 0.305 e. The number of thioether (sulfide) groups is 1. The highest BCUT2D eigenvalue weighted by molar-refractivity contribution is 7.99. The van der Waals surface area contributed by atoms with Crippen molar-refractivity contribution in [1.82, 2.24) is 4.98 Å². The Morgan fingerprint density at radius 1 is 1.58 bits per heavy atom. The lowest BCUT2D eigenvalue weighted by Crippen LogP contribution is -2.44. The van der Waals surface area contributed by atoms with E-state index in [1.807, 2.05) is 12.1 Å². The maximum atomic E-state index is 11.0. The SMILES string of the molecule is O=C(O)CC1CSCCN1c1nccc2occc12. The van der Waals surface area contributed by atoms with E-state index in [0.717, 1.165) is 34.8 Å². The third-order valence-electron chi connectivity index (χ3n) is 3.27. The van der Waals surface area contributed by atoms with Crippen LogP contribution in [0.25, 0.3) is 11.0 Å². The van der Waals surface area contributed by atoms with Crippen molar-refractivity contribution < 1.29 is 14.3 Å². The van der Waals surface area contributed by atoms with E-state index in [0.29, 0.717) is 0 Å². The van der Waals surface area contributed by atoms with E-state index in [1.54, 1.807) is 24.2 Å². The minimum absolute atomic E-state index is 0.00995. The summed E-state index contributed by atoms with van der Waals surface area (Å²) in [5.41, 5.74) is 0.789. The molecule has 6 heteroatoms. The van der Waals surface area contributed by atoms with Crippen molar-refractivity contribution in [1.29, 1.82) is 0 Å². The molecule has 3 rings (SSSR count). The van der Waals surface area contributed by atoms with Gasteiger partial charge in [-0.15, -0.1) is 0 Å². The number of aliphatic carboxylic acids is 1. The van der Waals surface area contributed by atoms with Gasteiger partial charge in [-0.2, -0.15) is 11.8 Å². The van der Waals surface area contributed by atoms with Gasteiger partial charge in [0.2, 0.25) is 0 Å². The first-order valence-corrected chi connectivity index (χ1v) is 7.29. The van der Waals surface area contributed by atoms with Crippen molar-refractivity contribution in [3.63, 3.8) is 0 Å². The first-order valence-electron chi connectivity index (χ1n) is 6.14. The number of anilines is 1. The maximum absolute atomic E-state index is 11.0. The summed E-state index contributed by atoms with van der Waals surface area (Å²) in [4.78, 5) is 17.5. The molecule has 0 saturated carbocycles. The number of rotatable bonds is 3. The van der Waals surface area contributed by atoms with Gasteiger partial charge in [0.05, 0.1) is 18.1 Å². The van der Waals surface area contributed by atoms with Crippen LogP contribution in [-0.4, -0.2) is 40.2 Å². The second-order valence-electron chi connectivity index (χ2n) is 4.49. The fourth-order valence-corrected chi connectivity index (χ4v) is 3.48. The van der Waals surface area contributed by atoms with Crippen LogP contribution >= 0.6 is 11.8 Å². The number of fused-ring (bicyclic) bond motifs is 1. The number of nitrogens with zero attached hydrogens (tertiary/aromatic N) is 2.